The summed E-state index contributed by atoms with van der Waals surface area (Å²) >= 11 is 7.79. The van der Waals surface area contributed by atoms with E-state index in [0.29, 0.717) is 27.3 Å². The van der Waals surface area contributed by atoms with Crippen LogP contribution in [0.5, 0.6) is 0 Å². The van der Waals surface area contributed by atoms with E-state index in [1.165, 1.54) is 18.9 Å². The summed E-state index contributed by atoms with van der Waals surface area (Å²) in [7, 11) is 1.38. The maximum absolute atomic E-state index is 12.1. The standard InChI is InChI=1S/C23H19ClN4O2S/c1-15-9-10-18(24)12-20(15)28-21(16-7-5-11-25-13-16)26-27-23(28)31-14-17-6-3-4-8-19(17)22(29)30-2/h3-13H,14H2,1-2H3. The SMILES string of the molecule is COC(=O)c1ccccc1CSc1nnc(-c2cccnc2)n1-c1cc(Cl)ccc1C. The summed E-state index contributed by atoms with van der Waals surface area (Å²) in [6.07, 6.45) is 3.47. The number of hydrogen-bond acceptors (Lipinski definition) is 6. The first-order chi connectivity index (χ1) is 15.1. The number of nitrogens with zero attached hydrogens (tertiary/aromatic N) is 4. The van der Waals surface area contributed by atoms with Gasteiger partial charge in [-0.15, -0.1) is 10.2 Å². The average Bonchev–Trinajstić information content (AvgIpc) is 3.23. The van der Waals surface area contributed by atoms with Crippen LogP contribution >= 0.6 is 23.4 Å². The lowest BCUT2D eigenvalue weighted by Gasteiger charge is -2.14. The highest BCUT2D eigenvalue weighted by Crippen LogP contribution is 2.32. The van der Waals surface area contributed by atoms with Crippen LogP contribution in [0.15, 0.2) is 72.1 Å². The molecule has 6 nitrogen and oxygen atoms in total. The van der Waals surface area contributed by atoms with Crippen LogP contribution in [-0.2, 0) is 10.5 Å². The van der Waals surface area contributed by atoms with Gasteiger partial charge in [0.05, 0.1) is 18.4 Å². The molecule has 2 aromatic heterocycles. The molecular weight excluding hydrogens is 432 g/mol. The van der Waals surface area contributed by atoms with Gasteiger partial charge in [0.15, 0.2) is 11.0 Å². The highest BCUT2D eigenvalue weighted by atomic mass is 35.5. The van der Waals surface area contributed by atoms with Crippen LogP contribution in [0.3, 0.4) is 0 Å². The summed E-state index contributed by atoms with van der Waals surface area (Å²) < 4.78 is 6.89. The molecule has 0 atom stereocenters. The van der Waals surface area contributed by atoms with Crippen molar-refractivity contribution in [3.05, 3.63) is 88.7 Å². The van der Waals surface area contributed by atoms with E-state index < -0.39 is 0 Å². The van der Waals surface area contributed by atoms with Crippen LogP contribution in [0.25, 0.3) is 17.1 Å². The molecule has 4 aromatic rings. The number of esters is 1. The maximum Gasteiger partial charge on any atom is 0.338 e. The molecule has 4 rings (SSSR count). The summed E-state index contributed by atoms with van der Waals surface area (Å²) in [6, 6.07) is 16.9. The Kier molecular flexibility index (Phi) is 6.34. The van der Waals surface area contributed by atoms with Gasteiger partial charge in [-0.2, -0.15) is 0 Å². The van der Waals surface area contributed by atoms with E-state index in [-0.39, 0.29) is 5.97 Å². The summed E-state index contributed by atoms with van der Waals surface area (Å²) in [5.41, 5.74) is 4.16. The Balaban J connectivity index is 1.77. The Morgan fingerprint density at radius 1 is 1.13 bits per heavy atom. The van der Waals surface area contributed by atoms with E-state index in [0.717, 1.165) is 22.4 Å². The third-order valence-electron chi connectivity index (χ3n) is 4.74. The molecular formula is C23H19ClN4O2S. The molecule has 0 unspecified atom stereocenters. The summed E-state index contributed by atoms with van der Waals surface area (Å²) in [6.45, 7) is 2.01. The second-order valence-corrected chi connectivity index (χ2v) is 8.13. The predicted octanol–water partition coefficient (Wildman–Crippen LogP) is 5.37. The van der Waals surface area contributed by atoms with Crippen molar-refractivity contribution in [2.24, 2.45) is 0 Å². The fourth-order valence-electron chi connectivity index (χ4n) is 3.18. The van der Waals surface area contributed by atoms with E-state index in [4.69, 9.17) is 16.3 Å². The number of thioether (sulfide) groups is 1. The van der Waals surface area contributed by atoms with Crippen LogP contribution < -0.4 is 0 Å². The van der Waals surface area contributed by atoms with Crippen molar-refractivity contribution in [3.63, 3.8) is 0 Å². The predicted molar refractivity (Wildman–Crippen MR) is 122 cm³/mol. The van der Waals surface area contributed by atoms with Crippen LogP contribution in [-0.4, -0.2) is 32.8 Å². The van der Waals surface area contributed by atoms with E-state index in [1.54, 1.807) is 18.5 Å². The van der Waals surface area contributed by atoms with Gasteiger partial charge in [-0.1, -0.05) is 47.6 Å². The molecule has 0 bridgehead atoms. The van der Waals surface area contributed by atoms with Gasteiger partial charge in [0, 0.05) is 28.7 Å². The second kappa shape index (κ2) is 9.32. The van der Waals surface area contributed by atoms with Gasteiger partial charge in [0.1, 0.15) is 0 Å². The van der Waals surface area contributed by atoms with Gasteiger partial charge in [0.2, 0.25) is 0 Å². The Bertz CT molecular complexity index is 1230. The minimum atomic E-state index is -0.362. The number of aryl methyl sites for hydroxylation is 1. The number of ether oxygens (including phenoxy) is 1. The largest absolute Gasteiger partial charge is 0.465 e. The molecule has 0 radical (unpaired) electrons. The molecule has 2 aromatic carbocycles. The smallest absolute Gasteiger partial charge is 0.338 e. The lowest BCUT2D eigenvalue weighted by Crippen LogP contribution is -2.05. The molecule has 8 heteroatoms. The van der Waals surface area contributed by atoms with Crippen LogP contribution in [0.2, 0.25) is 5.02 Å². The quantitative estimate of drug-likeness (QED) is 0.290. The first-order valence-electron chi connectivity index (χ1n) is 9.50. The lowest BCUT2D eigenvalue weighted by atomic mass is 10.1. The lowest BCUT2D eigenvalue weighted by molar-refractivity contribution is 0.0600. The molecule has 2 heterocycles. The number of rotatable bonds is 6. The zero-order chi connectivity index (χ0) is 21.8. The molecule has 0 fully saturated rings. The molecule has 156 valence electrons. The Morgan fingerprint density at radius 3 is 2.74 bits per heavy atom. The summed E-state index contributed by atoms with van der Waals surface area (Å²) in [5.74, 6) is 0.831. The number of carbonyl (C=O) groups excluding carboxylic acids is 1. The number of methoxy groups -OCH3 is 1. The van der Waals surface area contributed by atoms with Crippen molar-refractivity contribution in [2.75, 3.05) is 7.11 Å². The van der Waals surface area contributed by atoms with E-state index in [2.05, 4.69) is 15.2 Å². The zero-order valence-electron chi connectivity index (χ0n) is 16.9. The first-order valence-corrected chi connectivity index (χ1v) is 10.9. The molecule has 0 amide bonds. The van der Waals surface area contributed by atoms with Gasteiger partial charge in [0.25, 0.3) is 0 Å². The normalized spacial score (nSPS) is 10.8. The van der Waals surface area contributed by atoms with Crippen LogP contribution in [0.4, 0.5) is 0 Å². The third-order valence-corrected chi connectivity index (χ3v) is 5.96. The summed E-state index contributed by atoms with van der Waals surface area (Å²) in [4.78, 5) is 16.3. The van der Waals surface area contributed by atoms with Gasteiger partial charge in [-0.25, -0.2) is 4.79 Å². The summed E-state index contributed by atoms with van der Waals surface area (Å²) in [5, 5.41) is 10.2. The highest BCUT2D eigenvalue weighted by molar-refractivity contribution is 7.98. The topological polar surface area (TPSA) is 69.9 Å². The molecule has 31 heavy (non-hydrogen) atoms. The molecule has 0 N–H and O–H groups in total. The van der Waals surface area contributed by atoms with Crippen molar-refractivity contribution in [2.45, 2.75) is 17.8 Å². The molecule has 0 aliphatic carbocycles. The monoisotopic (exact) mass is 450 g/mol. The molecule has 0 aliphatic heterocycles. The van der Waals surface area contributed by atoms with Crippen molar-refractivity contribution in [1.29, 1.82) is 0 Å². The van der Waals surface area contributed by atoms with E-state index >= 15 is 0 Å². The van der Waals surface area contributed by atoms with Gasteiger partial charge in [-0.3, -0.25) is 9.55 Å². The number of benzene rings is 2. The molecule has 0 saturated heterocycles. The van der Waals surface area contributed by atoms with Gasteiger partial charge < -0.3 is 4.74 Å². The number of halogens is 1. The van der Waals surface area contributed by atoms with Crippen molar-refractivity contribution in [1.82, 2.24) is 19.7 Å². The minimum absolute atomic E-state index is 0.362. The fourth-order valence-corrected chi connectivity index (χ4v) is 4.30. The Morgan fingerprint density at radius 2 is 1.97 bits per heavy atom. The van der Waals surface area contributed by atoms with Gasteiger partial charge in [-0.05, 0) is 48.4 Å². The minimum Gasteiger partial charge on any atom is -0.465 e. The number of aromatic nitrogens is 4. The van der Waals surface area contributed by atoms with Crippen molar-refractivity contribution >= 4 is 29.3 Å². The number of hydrogen-bond donors (Lipinski definition) is 0. The maximum atomic E-state index is 12.1. The molecule has 0 spiro atoms. The van der Waals surface area contributed by atoms with E-state index in [1.807, 2.05) is 60.0 Å². The van der Waals surface area contributed by atoms with Crippen molar-refractivity contribution in [3.8, 4) is 17.1 Å². The van der Waals surface area contributed by atoms with Crippen molar-refractivity contribution < 1.29 is 9.53 Å². The molecule has 0 saturated carbocycles. The average molecular weight is 451 g/mol. The Hall–Kier alpha value is -3.16. The second-order valence-electron chi connectivity index (χ2n) is 6.75. The van der Waals surface area contributed by atoms with Gasteiger partial charge >= 0.3 is 5.97 Å². The highest BCUT2D eigenvalue weighted by Gasteiger charge is 2.19. The zero-order valence-corrected chi connectivity index (χ0v) is 18.5. The Labute approximate surface area is 189 Å². The van der Waals surface area contributed by atoms with Crippen LogP contribution in [0.1, 0.15) is 21.5 Å². The van der Waals surface area contributed by atoms with E-state index in [9.17, 15) is 4.79 Å². The fraction of sp³-hybridized carbons (Fsp3) is 0.130. The molecule has 0 aliphatic rings. The number of pyridine rings is 1. The number of carbonyl (C=O) groups is 1. The van der Waals surface area contributed by atoms with Crippen LogP contribution in [0, 0.1) is 6.92 Å². The third kappa shape index (κ3) is 4.47. The first kappa shape index (κ1) is 21.1.